The van der Waals surface area contributed by atoms with Crippen LogP contribution in [0.5, 0.6) is 0 Å². The highest BCUT2D eigenvalue weighted by Crippen LogP contribution is 2.44. The molecule has 0 aromatic heterocycles. The summed E-state index contributed by atoms with van der Waals surface area (Å²) in [5.74, 6) is 1.20. The number of carbonyl (C=O) groups excluding carboxylic acids is 1. The number of rotatable bonds is 4. The lowest BCUT2D eigenvalue weighted by atomic mass is 9.98. The van der Waals surface area contributed by atoms with Gasteiger partial charge in [-0.1, -0.05) is 54.5 Å². The Bertz CT molecular complexity index is 1110. The van der Waals surface area contributed by atoms with Crippen LogP contribution in [0.3, 0.4) is 0 Å². The van der Waals surface area contributed by atoms with Crippen LogP contribution in [0.4, 0.5) is 10.5 Å². The Morgan fingerprint density at radius 3 is 2.21 bits per heavy atom. The van der Waals surface area contributed by atoms with Gasteiger partial charge in [0.25, 0.3) is 0 Å². The van der Waals surface area contributed by atoms with E-state index in [1.165, 1.54) is 18.2 Å². The summed E-state index contributed by atoms with van der Waals surface area (Å²) < 4.78 is 5.47. The average Bonchev–Trinajstić information content (AvgIpc) is 3.06. The van der Waals surface area contributed by atoms with E-state index in [2.05, 4.69) is 23.4 Å². The van der Waals surface area contributed by atoms with Gasteiger partial charge < -0.3 is 9.84 Å². The Labute approximate surface area is 168 Å². The maximum atomic E-state index is 12.3. The van der Waals surface area contributed by atoms with Gasteiger partial charge in [-0.15, -0.1) is 6.42 Å². The second-order valence-electron chi connectivity index (χ2n) is 6.70. The Hall–Kier alpha value is -4.04. The van der Waals surface area contributed by atoms with E-state index < -0.39 is 12.1 Å². The number of amides is 1. The predicted molar refractivity (Wildman–Crippen MR) is 110 cm³/mol. The quantitative estimate of drug-likeness (QED) is 0.639. The first-order valence-electron chi connectivity index (χ1n) is 9.04. The molecule has 1 aliphatic carbocycles. The van der Waals surface area contributed by atoms with Crippen molar-refractivity contribution in [2.75, 3.05) is 11.9 Å². The van der Waals surface area contributed by atoms with Crippen molar-refractivity contribution >= 4 is 17.7 Å². The van der Waals surface area contributed by atoms with Gasteiger partial charge >= 0.3 is 12.1 Å². The molecule has 0 spiro atoms. The van der Waals surface area contributed by atoms with E-state index in [9.17, 15) is 14.7 Å². The first-order valence-corrected chi connectivity index (χ1v) is 9.04. The molecule has 0 atom stereocenters. The highest BCUT2D eigenvalue weighted by Gasteiger charge is 2.29. The van der Waals surface area contributed by atoms with Crippen LogP contribution in [0.2, 0.25) is 0 Å². The van der Waals surface area contributed by atoms with Crippen LogP contribution in [0.15, 0.2) is 66.7 Å². The minimum Gasteiger partial charge on any atom is -0.478 e. The van der Waals surface area contributed by atoms with Crippen LogP contribution in [0.25, 0.3) is 11.1 Å². The van der Waals surface area contributed by atoms with Gasteiger partial charge in [-0.25, -0.2) is 9.59 Å². The summed E-state index contributed by atoms with van der Waals surface area (Å²) in [7, 11) is 0. The molecule has 0 unspecified atom stereocenters. The van der Waals surface area contributed by atoms with E-state index in [-0.39, 0.29) is 23.8 Å². The molecule has 142 valence electrons. The zero-order valence-electron chi connectivity index (χ0n) is 15.4. The van der Waals surface area contributed by atoms with Crippen molar-refractivity contribution in [2.45, 2.75) is 5.92 Å². The molecule has 3 aromatic carbocycles. The first kappa shape index (κ1) is 18.3. The molecule has 0 heterocycles. The molecule has 29 heavy (non-hydrogen) atoms. The molecule has 2 N–H and O–H groups in total. The molecule has 0 aliphatic heterocycles. The summed E-state index contributed by atoms with van der Waals surface area (Å²) >= 11 is 0. The fourth-order valence-electron chi connectivity index (χ4n) is 3.66. The largest absolute Gasteiger partial charge is 0.478 e. The maximum Gasteiger partial charge on any atom is 0.411 e. The van der Waals surface area contributed by atoms with Gasteiger partial charge in [-0.2, -0.15) is 0 Å². The predicted octanol–water partition coefficient (Wildman–Crippen LogP) is 4.73. The van der Waals surface area contributed by atoms with E-state index in [4.69, 9.17) is 11.2 Å². The van der Waals surface area contributed by atoms with E-state index in [0.29, 0.717) is 5.56 Å². The summed E-state index contributed by atoms with van der Waals surface area (Å²) in [4.78, 5) is 23.6. The summed E-state index contributed by atoms with van der Waals surface area (Å²) in [5, 5.41) is 11.7. The van der Waals surface area contributed by atoms with Gasteiger partial charge in [-0.05, 0) is 40.5 Å². The third kappa shape index (κ3) is 3.56. The van der Waals surface area contributed by atoms with Crippen molar-refractivity contribution in [1.29, 1.82) is 0 Å². The Morgan fingerprint density at radius 2 is 1.62 bits per heavy atom. The minimum atomic E-state index is -1.13. The van der Waals surface area contributed by atoms with Gasteiger partial charge in [0.1, 0.15) is 6.61 Å². The number of carboxylic acid groups (broad SMARTS) is 1. The lowest BCUT2D eigenvalue weighted by molar-refractivity contribution is 0.0696. The monoisotopic (exact) mass is 383 g/mol. The van der Waals surface area contributed by atoms with Gasteiger partial charge in [0.05, 0.1) is 5.56 Å². The maximum absolute atomic E-state index is 12.3. The topological polar surface area (TPSA) is 75.6 Å². The van der Waals surface area contributed by atoms with Crippen molar-refractivity contribution in [3.05, 3.63) is 89.0 Å². The fraction of sp³-hybridized carbons (Fsp3) is 0.0833. The molecule has 3 aromatic rings. The number of fused-ring (bicyclic) bond motifs is 3. The number of aromatic carboxylic acids is 1. The number of hydrogen-bond donors (Lipinski definition) is 2. The number of ether oxygens (including phenoxy) is 1. The average molecular weight is 383 g/mol. The molecular formula is C24H17NO4. The molecule has 0 saturated carbocycles. The molecule has 0 saturated heterocycles. The Morgan fingerprint density at radius 1 is 1.00 bits per heavy atom. The third-order valence-electron chi connectivity index (χ3n) is 4.94. The van der Waals surface area contributed by atoms with Crippen molar-refractivity contribution in [2.24, 2.45) is 0 Å². The second kappa shape index (κ2) is 7.53. The van der Waals surface area contributed by atoms with Crippen LogP contribution in [-0.2, 0) is 4.74 Å². The van der Waals surface area contributed by atoms with E-state index in [1.807, 2.05) is 36.4 Å². The highest BCUT2D eigenvalue weighted by atomic mass is 16.5. The lowest BCUT2D eigenvalue weighted by Crippen LogP contribution is -2.18. The third-order valence-corrected chi connectivity index (χ3v) is 4.94. The SMILES string of the molecule is C#Cc1cc(NC(=O)OCC2c3ccccc3-c3ccccc32)cc(C(=O)O)c1. The zero-order valence-corrected chi connectivity index (χ0v) is 15.4. The molecule has 0 bridgehead atoms. The molecule has 0 radical (unpaired) electrons. The molecule has 5 nitrogen and oxygen atoms in total. The molecule has 0 fully saturated rings. The molecule has 1 aliphatic rings. The summed E-state index contributed by atoms with van der Waals surface area (Å²) in [6.07, 6.45) is 4.69. The number of carboxylic acids is 1. The van der Waals surface area contributed by atoms with Crippen LogP contribution in [0.1, 0.15) is 33.0 Å². The number of nitrogens with one attached hydrogen (secondary N) is 1. The molecule has 5 heteroatoms. The van der Waals surface area contributed by atoms with Crippen molar-refractivity contribution < 1.29 is 19.4 Å². The van der Waals surface area contributed by atoms with Gasteiger partial charge in [0.15, 0.2) is 0 Å². The molecule has 4 rings (SSSR count). The van der Waals surface area contributed by atoms with Gasteiger partial charge in [0.2, 0.25) is 0 Å². The van der Waals surface area contributed by atoms with Crippen LogP contribution >= 0.6 is 0 Å². The normalized spacial score (nSPS) is 11.8. The van der Waals surface area contributed by atoms with E-state index >= 15 is 0 Å². The Kier molecular flexibility index (Phi) is 4.76. The summed E-state index contributed by atoms with van der Waals surface area (Å²) in [5.41, 5.74) is 5.14. The van der Waals surface area contributed by atoms with Crippen LogP contribution in [0, 0.1) is 12.3 Å². The molecule has 1 amide bonds. The lowest BCUT2D eigenvalue weighted by Gasteiger charge is -2.15. The Balaban J connectivity index is 1.51. The van der Waals surface area contributed by atoms with Crippen molar-refractivity contribution in [3.8, 4) is 23.5 Å². The number of carbonyl (C=O) groups is 2. The number of benzene rings is 3. The summed E-state index contributed by atoms with van der Waals surface area (Å²) in [6.45, 7) is 0.167. The van der Waals surface area contributed by atoms with Crippen molar-refractivity contribution in [3.63, 3.8) is 0 Å². The zero-order chi connectivity index (χ0) is 20.4. The number of hydrogen-bond acceptors (Lipinski definition) is 3. The van der Waals surface area contributed by atoms with Gasteiger partial charge in [0, 0.05) is 17.2 Å². The van der Waals surface area contributed by atoms with Crippen molar-refractivity contribution in [1.82, 2.24) is 0 Å². The minimum absolute atomic E-state index is 0.00519. The highest BCUT2D eigenvalue weighted by molar-refractivity contribution is 5.92. The van der Waals surface area contributed by atoms with Crippen LogP contribution < -0.4 is 5.32 Å². The fourth-order valence-corrected chi connectivity index (χ4v) is 3.66. The number of terminal acetylenes is 1. The van der Waals surface area contributed by atoms with E-state index in [0.717, 1.165) is 22.3 Å². The first-order chi connectivity index (χ1) is 14.1. The van der Waals surface area contributed by atoms with E-state index in [1.54, 1.807) is 0 Å². The molecular weight excluding hydrogens is 366 g/mol. The van der Waals surface area contributed by atoms with Crippen LogP contribution in [-0.4, -0.2) is 23.8 Å². The number of anilines is 1. The standard InChI is InChI=1S/C24H17NO4/c1-2-15-11-16(23(26)27)13-17(12-15)25-24(28)29-14-22-20-9-5-3-7-18(20)19-8-4-6-10-21(19)22/h1,3-13,22H,14H2,(H,25,28)(H,26,27). The second-order valence-corrected chi connectivity index (χ2v) is 6.70. The summed E-state index contributed by atoms with van der Waals surface area (Å²) in [6, 6.07) is 20.3. The van der Waals surface area contributed by atoms with Gasteiger partial charge in [-0.3, -0.25) is 5.32 Å². The smallest absolute Gasteiger partial charge is 0.411 e.